The molecule has 0 radical (unpaired) electrons. The van der Waals surface area contributed by atoms with Crippen molar-refractivity contribution in [2.24, 2.45) is 10.1 Å². The molecule has 0 atom stereocenters. The third-order valence-electron chi connectivity index (χ3n) is 4.49. The lowest BCUT2D eigenvalue weighted by Crippen LogP contribution is -2.12. The SMILES string of the molecule is Fc1ccc(N=c2scc(-c3ccc(OC(F)F)cc3)n2N=Cc2c(F)cccc2Cl)c(F)c1. The van der Waals surface area contributed by atoms with Crippen LogP contribution in [0.2, 0.25) is 5.02 Å². The van der Waals surface area contributed by atoms with E-state index in [0.717, 1.165) is 17.4 Å². The first-order valence-corrected chi connectivity index (χ1v) is 10.8. The highest BCUT2D eigenvalue weighted by molar-refractivity contribution is 7.07. The van der Waals surface area contributed by atoms with Crippen molar-refractivity contribution in [3.05, 3.63) is 98.9 Å². The highest BCUT2D eigenvalue weighted by atomic mass is 35.5. The van der Waals surface area contributed by atoms with E-state index in [0.29, 0.717) is 17.3 Å². The summed E-state index contributed by atoms with van der Waals surface area (Å²) in [5, 5.41) is 6.05. The van der Waals surface area contributed by atoms with Gasteiger partial charge in [-0.15, -0.1) is 11.3 Å². The number of thiazole rings is 1. The first kappa shape index (κ1) is 23.7. The molecule has 4 aromatic rings. The number of hydrogen-bond acceptors (Lipinski definition) is 4. The van der Waals surface area contributed by atoms with E-state index in [1.54, 1.807) is 5.38 Å². The zero-order chi connectivity index (χ0) is 24.2. The van der Waals surface area contributed by atoms with Gasteiger partial charge in [0.05, 0.1) is 16.9 Å². The number of benzene rings is 3. The summed E-state index contributed by atoms with van der Waals surface area (Å²) in [5.41, 5.74) is 0.867. The van der Waals surface area contributed by atoms with Crippen LogP contribution in [0.3, 0.4) is 0 Å². The van der Waals surface area contributed by atoms with Crippen LogP contribution in [-0.2, 0) is 0 Å². The number of aromatic nitrogens is 1. The van der Waals surface area contributed by atoms with Crippen molar-refractivity contribution in [2.75, 3.05) is 0 Å². The first-order valence-electron chi connectivity index (χ1n) is 9.56. The Bertz CT molecular complexity index is 1400. The van der Waals surface area contributed by atoms with E-state index < -0.39 is 24.1 Å². The van der Waals surface area contributed by atoms with Crippen molar-refractivity contribution in [1.82, 2.24) is 4.68 Å². The molecular formula is C23H13ClF5N3OS. The standard InChI is InChI=1S/C23H13ClF5N3OS/c24-17-2-1-3-18(26)16(17)11-30-32-21(13-4-7-15(8-5-13)33-22(28)29)12-34-23(32)31-20-9-6-14(25)10-19(20)27/h1-12,22H. The van der Waals surface area contributed by atoms with Gasteiger partial charge in [-0.2, -0.15) is 13.9 Å². The van der Waals surface area contributed by atoms with Crippen LogP contribution in [-0.4, -0.2) is 17.5 Å². The van der Waals surface area contributed by atoms with Crippen molar-refractivity contribution in [3.8, 4) is 17.0 Å². The summed E-state index contributed by atoms with van der Waals surface area (Å²) in [6, 6.07) is 12.8. The predicted molar refractivity (Wildman–Crippen MR) is 120 cm³/mol. The zero-order valence-electron chi connectivity index (χ0n) is 16.9. The number of rotatable bonds is 6. The van der Waals surface area contributed by atoms with Gasteiger partial charge in [0.2, 0.25) is 4.80 Å². The van der Waals surface area contributed by atoms with Crippen molar-refractivity contribution < 1.29 is 26.7 Å². The topological polar surface area (TPSA) is 38.9 Å². The summed E-state index contributed by atoms with van der Waals surface area (Å²) >= 11 is 7.15. The molecule has 0 fully saturated rings. The summed E-state index contributed by atoms with van der Waals surface area (Å²) in [4.78, 5) is 4.40. The molecule has 1 aromatic heterocycles. The molecule has 4 nitrogen and oxygen atoms in total. The predicted octanol–water partition coefficient (Wildman–Crippen LogP) is 7.00. The second-order valence-electron chi connectivity index (χ2n) is 6.71. The summed E-state index contributed by atoms with van der Waals surface area (Å²) in [6.07, 6.45) is 1.18. The van der Waals surface area contributed by atoms with Gasteiger partial charge in [-0.1, -0.05) is 17.7 Å². The molecule has 174 valence electrons. The van der Waals surface area contributed by atoms with Gasteiger partial charge in [-0.3, -0.25) is 0 Å². The average Bonchev–Trinajstić information content (AvgIpc) is 3.18. The Morgan fingerprint density at radius 1 is 0.971 bits per heavy atom. The molecule has 11 heteroatoms. The Balaban J connectivity index is 1.84. The third kappa shape index (κ3) is 5.35. The van der Waals surface area contributed by atoms with Gasteiger partial charge in [0.1, 0.15) is 23.1 Å². The summed E-state index contributed by atoms with van der Waals surface area (Å²) in [7, 11) is 0. The lowest BCUT2D eigenvalue weighted by molar-refractivity contribution is -0.0498. The van der Waals surface area contributed by atoms with E-state index in [2.05, 4.69) is 14.8 Å². The Morgan fingerprint density at radius 2 is 1.74 bits per heavy atom. The molecule has 0 aliphatic rings. The second-order valence-corrected chi connectivity index (χ2v) is 7.95. The van der Waals surface area contributed by atoms with E-state index in [9.17, 15) is 22.0 Å². The molecule has 34 heavy (non-hydrogen) atoms. The minimum absolute atomic E-state index is 0.0217. The van der Waals surface area contributed by atoms with Gasteiger partial charge >= 0.3 is 6.61 Å². The van der Waals surface area contributed by atoms with Crippen LogP contribution in [0.15, 0.2) is 76.1 Å². The molecule has 4 rings (SSSR count). The lowest BCUT2D eigenvalue weighted by Gasteiger charge is -2.07. The molecule has 3 aromatic carbocycles. The highest BCUT2D eigenvalue weighted by Gasteiger charge is 2.12. The molecule has 0 bridgehead atoms. The average molecular weight is 510 g/mol. The van der Waals surface area contributed by atoms with E-state index in [1.165, 1.54) is 59.4 Å². The molecule has 0 aliphatic carbocycles. The van der Waals surface area contributed by atoms with E-state index >= 15 is 0 Å². The molecule has 0 spiro atoms. The van der Waals surface area contributed by atoms with Crippen LogP contribution in [0.4, 0.5) is 27.6 Å². The third-order valence-corrected chi connectivity index (χ3v) is 5.63. The van der Waals surface area contributed by atoms with Crippen molar-refractivity contribution in [3.63, 3.8) is 0 Å². The monoisotopic (exact) mass is 509 g/mol. The maximum Gasteiger partial charge on any atom is 0.387 e. The summed E-state index contributed by atoms with van der Waals surface area (Å²) in [5.74, 6) is -2.28. The lowest BCUT2D eigenvalue weighted by atomic mass is 10.2. The Kier molecular flexibility index (Phi) is 7.09. The number of alkyl halides is 2. The molecule has 0 N–H and O–H groups in total. The second kappa shape index (κ2) is 10.2. The van der Waals surface area contributed by atoms with Gasteiger partial charge in [0, 0.05) is 22.6 Å². The van der Waals surface area contributed by atoms with Gasteiger partial charge in [-0.25, -0.2) is 22.8 Å². The largest absolute Gasteiger partial charge is 0.435 e. The van der Waals surface area contributed by atoms with Crippen molar-refractivity contribution >= 4 is 34.8 Å². The Morgan fingerprint density at radius 3 is 2.41 bits per heavy atom. The van der Waals surface area contributed by atoms with Crippen LogP contribution in [0.1, 0.15) is 5.56 Å². The fourth-order valence-corrected chi connectivity index (χ4v) is 3.98. The fourth-order valence-electron chi connectivity index (χ4n) is 2.92. The molecular weight excluding hydrogens is 497 g/mol. The minimum atomic E-state index is -2.97. The van der Waals surface area contributed by atoms with Gasteiger partial charge < -0.3 is 4.74 Å². The summed E-state index contributed by atoms with van der Waals surface area (Å²) in [6.45, 7) is -2.97. The minimum Gasteiger partial charge on any atom is -0.435 e. The molecule has 0 unspecified atom stereocenters. The van der Waals surface area contributed by atoms with Crippen LogP contribution in [0.5, 0.6) is 5.75 Å². The molecule has 1 heterocycles. The van der Waals surface area contributed by atoms with Crippen molar-refractivity contribution in [2.45, 2.75) is 6.61 Å². The number of ether oxygens (including phenoxy) is 1. The number of nitrogens with zero attached hydrogens (tertiary/aromatic N) is 3. The van der Waals surface area contributed by atoms with E-state index in [4.69, 9.17) is 11.6 Å². The summed E-state index contributed by atoms with van der Waals surface area (Å²) < 4.78 is 72.2. The van der Waals surface area contributed by atoms with Crippen LogP contribution in [0, 0.1) is 17.5 Å². The maximum atomic E-state index is 14.2. The van der Waals surface area contributed by atoms with Gasteiger partial charge in [-0.05, 0) is 48.5 Å². The van der Waals surface area contributed by atoms with Crippen LogP contribution >= 0.6 is 22.9 Å². The highest BCUT2D eigenvalue weighted by Crippen LogP contribution is 2.25. The van der Waals surface area contributed by atoms with E-state index in [1.807, 2.05) is 0 Å². The first-order chi connectivity index (χ1) is 16.3. The Labute approximate surface area is 198 Å². The van der Waals surface area contributed by atoms with Gasteiger partial charge in [0.25, 0.3) is 0 Å². The van der Waals surface area contributed by atoms with E-state index in [-0.39, 0.29) is 26.8 Å². The molecule has 0 saturated carbocycles. The maximum absolute atomic E-state index is 14.2. The number of hydrogen-bond donors (Lipinski definition) is 0. The van der Waals surface area contributed by atoms with Gasteiger partial charge in [0.15, 0.2) is 5.82 Å². The fraction of sp³-hybridized carbons (Fsp3) is 0.0435. The normalized spacial score (nSPS) is 12.1. The zero-order valence-corrected chi connectivity index (χ0v) is 18.5. The van der Waals surface area contributed by atoms with Crippen LogP contribution < -0.4 is 9.54 Å². The quantitative estimate of drug-likeness (QED) is 0.204. The smallest absolute Gasteiger partial charge is 0.387 e. The number of halogens is 6. The van der Waals surface area contributed by atoms with Crippen LogP contribution in [0.25, 0.3) is 11.3 Å². The van der Waals surface area contributed by atoms with Crippen molar-refractivity contribution in [1.29, 1.82) is 0 Å². The molecule has 0 amide bonds. The molecule has 0 saturated heterocycles. The Hall–Kier alpha value is -3.50. The molecule has 0 aliphatic heterocycles.